The molecule has 1 aliphatic rings. The molecule has 0 atom stereocenters. The molecule has 2 heterocycles. The van der Waals surface area contributed by atoms with Gasteiger partial charge in [0.15, 0.2) is 0 Å². The van der Waals surface area contributed by atoms with Crippen molar-refractivity contribution in [1.82, 2.24) is 15.2 Å². The fraction of sp³-hybridized carbons (Fsp3) is 0.318. The normalized spacial score (nSPS) is 14.4. The van der Waals surface area contributed by atoms with Crippen LogP contribution in [0.25, 0.3) is 11.5 Å². The number of rotatable bonds is 4. The van der Waals surface area contributed by atoms with Crippen LogP contribution in [-0.2, 0) is 0 Å². The first-order valence-electron chi connectivity index (χ1n) is 9.36. The topological polar surface area (TPSA) is 61.0 Å². The quantitative estimate of drug-likeness (QED) is 0.642. The van der Waals surface area contributed by atoms with E-state index in [1.807, 2.05) is 36.4 Å². The predicted molar refractivity (Wildman–Crippen MR) is 102 cm³/mol. The minimum absolute atomic E-state index is 0.274. The number of aromatic nitrogens is 3. The molecule has 4 rings (SSSR count). The molecule has 0 bridgehead atoms. The van der Waals surface area contributed by atoms with E-state index in [1.54, 1.807) is 12.4 Å². The molecule has 0 N–H and O–H groups in total. The summed E-state index contributed by atoms with van der Waals surface area (Å²) in [6.45, 7) is 0.735. The van der Waals surface area contributed by atoms with Gasteiger partial charge in [-0.3, -0.25) is 4.98 Å². The van der Waals surface area contributed by atoms with Crippen LogP contribution in [0, 0.1) is 17.8 Å². The van der Waals surface area contributed by atoms with E-state index in [-0.39, 0.29) is 5.89 Å². The lowest BCUT2D eigenvalue weighted by atomic mass is 9.90. The highest BCUT2D eigenvalue weighted by atomic mass is 16.5. The molecule has 27 heavy (non-hydrogen) atoms. The summed E-state index contributed by atoms with van der Waals surface area (Å²) in [6, 6.07) is 11.5. The molecule has 0 unspecified atom stereocenters. The molecule has 0 amide bonds. The van der Waals surface area contributed by atoms with Gasteiger partial charge in [-0.2, -0.15) is 0 Å². The Hall–Kier alpha value is -3.13. The van der Waals surface area contributed by atoms with E-state index >= 15 is 0 Å². The first-order chi connectivity index (χ1) is 13.4. The number of hydrogen-bond acceptors (Lipinski definition) is 5. The molecule has 5 nitrogen and oxygen atoms in total. The molecule has 0 radical (unpaired) electrons. The van der Waals surface area contributed by atoms with Gasteiger partial charge in [0.25, 0.3) is 11.8 Å². The lowest BCUT2D eigenvalue weighted by molar-refractivity contribution is 0.209. The summed E-state index contributed by atoms with van der Waals surface area (Å²) in [5.41, 5.74) is 1.60. The molecule has 0 aliphatic heterocycles. The Morgan fingerprint density at radius 2 is 1.89 bits per heavy atom. The lowest BCUT2D eigenvalue weighted by Gasteiger charge is -2.22. The Morgan fingerprint density at radius 1 is 1.00 bits per heavy atom. The van der Waals surface area contributed by atoms with Crippen molar-refractivity contribution in [3.63, 3.8) is 0 Å². The van der Waals surface area contributed by atoms with Gasteiger partial charge < -0.3 is 9.15 Å². The van der Waals surface area contributed by atoms with Gasteiger partial charge >= 0.3 is 0 Å². The van der Waals surface area contributed by atoms with E-state index in [2.05, 4.69) is 27.0 Å². The fourth-order valence-corrected chi connectivity index (χ4v) is 3.28. The number of ether oxygens (including phenoxy) is 1. The van der Waals surface area contributed by atoms with E-state index in [1.165, 1.54) is 32.1 Å². The maximum atomic E-state index is 6.10. The highest BCUT2D eigenvalue weighted by Gasteiger charge is 2.17. The summed E-state index contributed by atoms with van der Waals surface area (Å²) in [7, 11) is 0. The van der Waals surface area contributed by atoms with Gasteiger partial charge in [0.05, 0.1) is 12.2 Å². The van der Waals surface area contributed by atoms with Crippen molar-refractivity contribution in [1.29, 1.82) is 0 Å². The van der Waals surface area contributed by atoms with Crippen LogP contribution < -0.4 is 4.74 Å². The molecule has 0 spiro atoms. The van der Waals surface area contributed by atoms with Crippen molar-refractivity contribution in [2.75, 3.05) is 6.61 Å². The predicted octanol–water partition coefficient (Wildman–Crippen LogP) is 4.49. The number of benzene rings is 1. The van der Waals surface area contributed by atoms with Gasteiger partial charge in [0, 0.05) is 18.0 Å². The maximum Gasteiger partial charge on any atom is 0.294 e. The monoisotopic (exact) mass is 359 g/mol. The van der Waals surface area contributed by atoms with Gasteiger partial charge in [-0.05, 0) is 48.9 Å². The Balaban J connectivity index is 1.49. The van der Waals surface area contributed by atoms with Crippen LogP contribution >= 0.6 is 0 Å². The molecule has 1 saturated carbocycles. The van der Waals surface area contributed by atoms with Crippen LogP contribution in [0.2, 0.25) is 0 Å². The Morgan fingerprint density at radius 3 is 2.74 bits per heavy atom. The van der Waals surface area contributed by atoms with Crippen LogP contribution in [-0.4, -0.2) is 21.8 Å². The van der Waals surface area contributed by atoms with E-state index in [9.17, 15) is 0 Å². The van der Waals surface area contributed by atoms with Gasteiger partial charge in [-0.1, -0.05) is 42.4 Å². The van der Waals surface area contributed by atoms with Crippen molar-refractivity contribution in [2.45, 2.75) is 32.1 Å². The summed E-state index contributed by atoms with van der Waals surface area (Å²) < 4.78 is 11.8. The molecular formula is C22H21N3O2. The van der Waals surface area contributed by atoms with E-state index in [0.29, 0.717) is 11.8 Å². The molecule has 136 valence electrons. The zero-order valence-electron chi connectivity index (χ0n) is 15.1. The Kier molecular flexibility index (Phi) is 5.44. The SMILES string of the molecule is C(#Cc1nnc(-c2ccccc2OCC2CCCCC2)o1)c1cccnc1. The van der Waals surface area contributed by atoms with E-state index in [0.717, 1.165) is 23.5 Å². The van der Waals surface area contributed by atoms with Gasteiger partial charge in [-0.15, -0.1) is 5.10 Å². The van der Waals surface area contributed by atoms with E-state index in [4.69, 9.17) is 9.15 Å². The van der Waals surface area contributed by atoms with Crippen molar-refractivity contribution < 1.29 is 9.15 Å². The minimum Gasteiger partial charge on any atom is -0.492 e. The van der Waals surface area contributed by atoms with Gasteiger partial charge in [-0.25, -0.2) is 0 Å². The first kappa shape index (κ1) is 17.3. The number of nitrogens with zero attached hydrogens (tertiary/aromatic N) is 3. The standard InChI is InChI=1S/C22H21N3O2/c1-2-7-18(8-3-1)16-26-20-11-5-4-10-19(20)22-25-24-21(27-22)13-12-17-9-6-14-23-15-17/h4-6,9-11,14-15,18H,1-3,7-8,16H2. The molecule has 5 heteroatoms. The van der Waals surface area contributed by atoms with Crippen LogP contribution in [0.4, 0.5) is 0 Å². The molecule has 1 aromatic carbocycles. The summed E-state index contributed by atoms with van der Waals surface area (Å²) in [5, 5.41) is 8.17. The molecular weight excluding hydrogens is 338 g/mol. The second-order valence-electron chi connectivity index (χ2n) is 6.72. The number of para-hydroxylation sites is 1. The second-order valence-corrected chi connectivity index (χ2v) is 6.72. The average Bonchev–Trinajstić information content (AvgIpc) is 3.21. The van der Waals surface area contributed by atoms with Crippen LogP contribution in [0.1, 0.15) is 43.6 Å². The van der Waals surface area contributed by atoms with Crippen LogP contribution in [0.3, 0.4) is 0 Å². The van der Waals surface area contributed by atoms with Crippen molar-refractivity contribution in [3.8, 4) is 29.0 Å². The third-order valence-corrected chi connectivity index (χ3v) is 4.72. The molecule has 1 fully saturated rings. The third-order valence-electron chi connectivity index (χ3n) is 4.72. The highest BCUT2D eigenvalue weighted by Crippen LogP contribution is 2.30. The Bertz CT molecular complexity index is 935. The third kappa shape index (κ3) is 4.53. The summed E-state index contributed by atoms with van der Waals surface area (Å²) in [5.74, 6) is 7.96. The highest BCUT2D eigenvalue weighted by molar-refractivity contribution is 5.62. The largest absolute Gasteiger partial charge is 0.492 e. The van der Waals surface area contributed by atoms with Gasteiger partial charge in [0.2, 0.25) is 0 Å². The lowest BCUT2D eigenvalue weighted by Crippen LogP contribution is -2.15. The van der Waals surface area contributed by atoms with Crippen LogP contribution in [0.15, 0.2) is 53.2 Å². The van der Waals surface area contributed by atoms with Crippen molar-refractivity contribution in [3.05, 3.63) is 60.2 Å². The summed E-state index contributed by atoms with van der Waals surface area (Å²) >= 11 is 0. The Labute approximate surface area is 158 Å². The van der Waals surface area contributed by atoms with Gasteiger partial charge in [0.1, 0.15) is 5.75 Å². The molecule has 1 aliphatic carbocycles. The summed E-state index contributed by atoms with van der Waals surface area (Å²) in [6.07, 6.45) is 9.85. The molecule has 3 aromatic rings. The van der Waals surface area contributed by atoms with E-state index < -0.39 is 0 Å². The minimum atomic E-state index is 0.274. The summed E-state index contributed by atoms with van der Waals surface area (Å²) in [4.78, 5) is 4.03. The molecule has 0 saturated heterocycles. The first-order valence-corrected chi connectivity index (χ1v) is 9.36. The molecule has 2 aromatic heterocycles. The average molecular weight is 359 g/mol. The smallest absolute Gasteiger partial charge is 0.294 e. The second kappa shape index (κ2) is 8.50. The van der Waals surface area contributed by atoms with Crippen molar-refractivity contribution in [2.24, 2.45) is 5.92 Å². The maximum absolute atomic E-state index is 6.10. The van der Waals surface area contributed by atoms with Crippen molar-refractivity contribution >= 4 is 0 Å². The number of pyridine rings is 1. The zero-order valence-corrected chi connectivity index (χ0v) is 15.1. The fourth-order valence-electron chi connectivity index (χ4n) is 3.28. The zero-order chi connectivity index (χ0) is 18.3. The number of hydrogen-bond donors (Lipinski definition) is 0. The van der Waals surface area contributed by atoms with Crippen LogP contribution in [0.5, 0.6) is 5.75 Å².